The number of phosphoric acid groups is 1. The van der Waals surface area contributed by atoms with Crippen LogP contribution in [0.3, 0.4) is 0 Å². The van der Waals surface area contributed by atoms with Crippen molar-refractivity contribution in [1.82, 2.24) is 0 Å². The molecule has 0 fully saturated rings. The smallest absolute Gasteiger partial charge is 0.306 e. The fourth-order valence-corrected chi connectivity index (χ4v) is 8.68. The maximum atomic E-state index is 12.7. The molecule has 0 aromatic heterocycles. The lowest BCUT2D eigenvalue weighted by molar-refractivity contribution is -0.870. The first kappa shape index (κ1) is 63.0. The zero-order chi connectivity index (χ0) is 46.9. The minimum Gasteiger partial charge on any atom is -0.756 e. The maximum absolute atomic E-state index is 12.7. The summed E-state index contributed by atoms with van der Waals surface area (Å²) in [6, 6.07) is 0. The first-order valence-corrected chi connectivity index (χ1v) is 29.0. The predicted molar refractivity (Wildman–Crippen MR) is 273 cm³/mol. The minimum atomic E-state index is -4.53. The number of likely N-dealkylation sites (N-methyl/N-ethyl adjacent to an activating group) is 1. The van der Waals surface area contributed by atoms with E-state index in [9.17, 15) is 14.3 Å². The molecule has 0 aliphatic rings. The highest BCUT2D eigenvalue weighted by molar-refractivity contribution is 7.45. The lowest BCUT2D eigenvalue weighted by Crippen LogP contribution is -2.37. The molecule has 9 heteroatoms. The number of ether oxygens (including phenoxy) is 2. The molecular weight excluding hydrogens is 818 g/mol. The van der Waals surface area contributed by atoms with Crippen LogP contribution in [0.4, 0.5) is 0 Å². The van der Waals surface area contributed by atoms with E-state index in [1.165, 1.54) is 199 Å². The normalized spacial score (nSPS) is 13.7. The lowest BCUT2D eigenvalue weighted by Gasteiger charge is -2.28. The van der Waals surface area contributed by atoms with Gasteiger partial charge in [-0.05, 0) is 64.2 Å². The first-order chi connectivity index (χ1) is 31.1. The highest BCUT2D eigenvalue weighted by Crippen LogP contribution is 2.38. The van der Waals surface area contributed by atoms with Gasteiger partial charge in [-0.15, -0.1) is 0 Å². The number of allylic oxidation sites excluding steroid dienone is 4. The Balaban J connectivity index is 4.03. The second-order valence-corrected chi connectivity index (χ2v) is 21.3. The molecule has 0 amide bonds. The first-order valence-electron chi connectivity index (χ1n) is 27.6. The molecule has 0 bridgehead atoms. The molecule has 380 valence electrons. The Kier molecular flexibility index (Phi) is 47.7. The van der Waals surface area contributed by atoms with Crippen LogP contribution in [0.15, 0.2) is 24.3 Å². The molecule has 0 spiro atoms. The summed E-state index contributed by atoms with van der Waals surface area (Å²) in [6.07, 6.45) is 57.9. The third kappa shape index (κ3) is 52.0. The van der Waals surface area contributed by atoms with Gasteiger partial charge in [-0.2, -0.15) is 0 Å². The van der Waals surface area contributed by atoms with Crippen LogP contribution in [0, 0.1) is 0 Å². The van der Waals surface area contributed by atoms with Gasteiger partial charge in [0.1, 0.15) is 19.3 Å². The van der Waals surface area contributed by atoms with E-state index in [4.69, 9.17) is 18.5 Å². The molecule has 0 N–H and O–H groups in total. The van der Waals surface area contributed by atoms with Crippen LogP contribution in [0.5, 0.6) is 0 Å². The summed E-state index contributed by atoms with van der Waals surface area (Å²) in [4.78, 5) is 25.2. The van der Waals surface area contributed by atoms with Crippen LogP contribution in [-0.4, -0.2) is 70.7 Å². The molecule has 0 radical (unpaired) electrons. The van der Waals surface area contributed by atoms with Gasteiger partial charge in [-0.1, -0.05) is 218 Å². The van der Waals surface area contributed by atoms with Crippen molar-refractivity contribution in [3.63, 3.8) is 0 Å². The Morgan fingerprint density at radius 3 is 1.19 bits per heavy atom. The number of hydrogen-bond donors (Lipinski definition) is 0. The summed E-state index contributed by atoms with van der Waals surface area (Å²) in [6.45, 7) is 5.45. The van der Waals surface area contributed by atoms with Crippen LogP contribution in [0.25, 0.3) is 0 Å². The molecule has 0 aromatic carbocycles. The van der Waals surface area contributed by atoms with Crippen molar-refractivity contribution in [3.8, 4) is 0 Å². The van der Waals surface area contributed by atoms with Crippen molar-refractivity contribution in [1.29, 1.82) is 0 Å². The molecule has 0 heterocycles. The van der Waals surface area contributed by atoms with Gasteiger partial charge < -0.3 is 27.9 Å². The maximum Gasteiger partial charge on any atom is 0.306 e. The van der Waals surface area contributed by atoms with Gasteiger partial charge >= 0.3 is 5.97 Å². The van der Waals surface area contributed by atoms with Gasteiger partial charge in [0, 0.05) is 13.0 Å². The van der Waals surface area contributed by atoms with E-state index in [-0.39, 0.29) is 25.8 Å². The number of esters is 1. The summed E-state index contributed by atoms with van der Waals surface area (Å²) in [5.74, 6) is -0.338. The highest BCUT2D eigenvalue weighted by atomic mass is 31.2. The fraction of sp³-hybridized carbons (Fsp3) is 0.909. The number of carbonyl (C=O) groups excluding carboxylic acids is 1. The SMILES string of the molecule is CCCCCCCCC/C=C\CCCCCCCC(=O)OC(COCCCCCCCCCCCCCCCC/C=C\CCCCCCCCCC)COP(=O)([O-])OCC[N+](C)(C)C. The molecular formula is C55H108NO7P. The van der Waals surface area contributed by atoms with Gasteiger partial charge in [0.15, 0.2) is 0 Å². The number of rotatable bonds is 52. The number of unbranched alkanes of at least 4 members (excludes halogenated alkanes) is 34. The third-order valence-electron chi connectivity index (χ3n) is 12.2. The minimum absolute atomic E-state index is 0.0266. The van der Waals surface area contributed by atoms with Crippen LogP contribution in [0.1, 0.15) is 264 Å². The van der Waals surface area contributed by atoms with Crippen molar-refractivity contribution in [2.75, 3.05) is 54.1 Å². The molecule has 8 nitrogen and oxygen atoms in total. The van der Waals surface area contributed by atoms with Gasteiger partial charge in [-0.25, -0.2) is 0 Å². The Bertz CT molecular complexity index is 1080. The van der Waals surface area contributed by atoms with Gasteiger partial charge in [0.2, 0.25) is 0 Å². The zero-order valence-electron chi connectivity index (χ0n) is 43.3. The summed E-state index contributed by atoms with van der Waals surface area (Å²) in [5, 5.41) is 0. The number of phosphoric ester groups is 1. The van der Waals surface area contributed by atoms with Crippen molar-refractivity contribution in [3.05, 3.63) is 24.3 Å². The fourth-order valence-electron chi connectivity index (χ4n) is 7.95. The monoisotopic (exact) mass is 926 g/mol. The van der Waals surface area contributed by atoms with Crippen molar-refractivity contribution >= 4 is 13.8 Å². The van der Waals surface area contributed by atoms with Gasteiger partial charge in [-0.3, -0.25) is 9.36 Å². The molecule has 0 aliphatic heterocycles. The molecule has 2 unspecified atom stereocenters. The van der Waals surface area contributed by atoms with Crippen LogP contribution in [0.2, 0.25) is 0 Å². The standard InChI is InChI=1S/C55H108NO7P/c1-6-8-10-12-14-16-18-20-22-24-25-26-27-28-29-30-31-32-33-35-37-39-41-43-45-47-50-60-52-54(53-62-64(58,59)61-51-49-56(3,4)5)63-55(57)48-46-44-42-40-38-36-34-23-21-19-17-15-13-11-9-7-2/h23-25,34,54H,6-22,26-33,35-53H2,1-5H3/b25-24-,34-23-. The van der Waals surface area contributed by atoms with Crippen LogP contribution in [-0.2, 0) is 27.9 Å². The molecule has 0 saturated heterocycles. The zero-order valence-corrected chi connectivity index (χ0v) is 44.1. The molecule has 0 aliphatic carbocycles. The largest absolute Gasteiger partial charge is 0.756 e. The summed E-state index contributed by atoms with van der Waals surface area (Å²) in [5.41, 5.74) is 0. The third-order valence-corrected chi connectivity index (χ3v) is 13.2. The van der Waals surface area contributed by atoms with Crippen molar-refractivity contribution < 1.29 is 37.3 Å². The lowest BCUT2D eigenvalue weighted by atomic mass is 10.0. The Hall–Kier alpha value is -1.02. The number of hydrogen-bond acceptors (Lipinski definition) is 7. The van der Waals surface area contributed by atoms with Gasteiger partial charge in [0.05, 0.1) is 34.4 Å². The Morgan fingerprint density at radius 2 is 0.812 bits per heavy atom. The highest BCUT2D eigenvalue weighted by Gasteiger charge is 2.20. The molecule has 64 heavy (non-hydrogen) atoms. The van der Waals surface area contributed by atoms with E-state index in [1.54, 1.807) is 0 Å². The number of quaternary nitrogens is 1. The quantitative estimate of drug-likeness (QED) is 0.0197. The second-order valence-electron chi connectivity index (χ2n) is 19.9. The number of carbonyl (C=O) groups is 1. The molecule has 0 aromatic rings. The van der Waals surface area contributed by atoms with Gasteiger partial charge in [0.25, 0.3) is 7.82 Å². The second kappa shape index (κ2) is 48.4. The van der Waals surface area contributed by atoms with Crippen molar-refractivity contribution in [2.45, 2.75) is 270 Å². The van der Waals surface area contributed by atoms with E-state index in [0.29, 0.717) is 24.1 Å². The summed E-state index contributed by atoms with van der Waals surface area (Å²) in [7, 11) is 1.36. The Morgan fingerprint density at radius 1 is 0.469 bits per heavy atom. The van der Waals surface area contributed by atoms with E-state index in [2.05, 4.69) is 38.2 Å². The average Bonchev–Trinajstić information content (AvgIpc) is 3.25. The molecule has 0 rings (SSSR count). The number of nitrogens with zero attached hydrogens (tertiary/aromatic N) is 1. The topological polar surface area (TPSA) is 94.1 Å². The molecule has 2 atom stereocenters. The average molecular weight is 926 g/mol. The Labute approximate surface area is 398 Å². The van der Waals surface area contributed by atoms with Crippen LogP contribution < -0.4 is 4.89 Å². The van der Waals surface area contributed by atoms with E-state index < -0.39 is 13.9 Å². The summed E-state index contributed by atoms with van der Waals surface area (Å²) < 4.78 is 34.8. The predicted octanol–water partition coefficient (Wildman–Crippen LogP) is 16.5. The van der Waals surface area contributed by atoms with E-state index in [1.807, 2.05) is 21.1 Å². The van der Waals surface area contributed by atoms with Crippen LogP contribution >= 0.6 is 7.82 Å². The van der Waals surface area contributed by atoms with Crippen molar-refractivity contribution in [2.24, 2.45) is 0 Å². The van der Waals surface area contributed by atoms with E-state index in [0.717, 1.165) is 44.9 Å². The van der Waals surface area contributed by atoms with E-state index >= 15 is 0 Å². The summed E-state index contributed by atoms with van der Waals surface area (Å²) >= 11 is 0. The molecule has 0 saturated carbocycles.